The quantitative estimate of drug-likeness (QED) is 0.575. The zero-order chi connectivity index (χ0) is 18.2. The summed E-state index contributed by atoms with van der Waals surface area (Å²) in [5, 5.41) is 17.6. The zero-order valence-electron chi connectivity index (χ0n) is 14.0. The van der Waals surface area contributed by atoms with Gasteiger partial charge in [0.2, 0.25) is 0 Å². The lowest BCUT2D eigenvalue weighted by Gasteiger charge is -2.04. The van der Waals surface area contributed by atoms with Gasteiger partial charge in [0, 0.05) is 10.6 Å². The number of carbonyl (C=O) groups is 1. The molecule has 5 nitrogen and oxygen atoms in total. The summed E-state index contributed by atoms with van der Waals surface area (Å²) in [6, 6.07) is 12.5. The number of halogens is 1. The maximum Gasteiger partial charge on any atom is 0.188 e. The SMILES string of the molecule is CC#CC.O=C(CO)c1ccc(Cn2nnc3cc(Cl)ccc32)cc1. The topological polar surface area (TPSA) is 68.0 Å². The number of fused-ring (bicyclic) bond motifs is 1. The smallest absolute Gasteiger partial charge is 0.188 e. The summed E-state index contributed by atoms with van der Waals surface area (Å²) >= 11 is 5.92. The molecule has 0 radical (unpaired) electrons. The molecule has 0 atom stereocenters. The maximum atomic E-state index is 11.4. The third-order valence-corrected chi connectivity index (χ3v) is 3.71. The number of benzene rings is 2. The molecule has 0 aliphatic carbocycles. The third-order valence-electron chi connectivity index (χ3n) is 3.48. The van der Waals surface area contributed by atoms with Crippen molar-refractivity contribution in [2.24, 2.45) is 0 Å². The van der Waals surface area contributed by atoms with E-state index in [0.29, 0.717) is 17.1 Å². The van der Waals surface area contributed by atoms with E-state index < -0.39 is 6.61 Å². The number of nitrogens with zero attached hydrogens (tertiary/aromatic N) is 3. The van der Waals surface area contributed by atoms with Crippen LogP contribution in [0.4, 0.5) is 0 Å². The number of carbonyl (C=O) groups excluding carboxylic acids is 1. The molecule has 6 heteroatoms. The number of aliphatic hydroxyl groups excluding tert-OH is 1. The van der Waals surface area contributed by atoms with Crippen molar-refractivity contribution in [2.75, 3.05) is 6.61 Å². The Kier molecular flexibility index (Phi) is 6.70. The van der Waals surface area contributed by atoms with Gasteiger partial charge in [0.25, 0.3) is 0 Å². The lowest BCUT2D eigenvalue weighted by molar-refractivity contribution is 0.0903. The van der Waals surface area contributed by atoms with Gasteiger partial charge in [-0.3, -0.25) is 4.79 Å². The highest BCUT2D eigenvalue weighted by Crippen LogP contribution is 2.18. The standard InChI is InChI=1S/C15H12ClN3O2.C4H6/c16-12-5-6-14-13(7-12)17-18-19(14)8-10-1-3-11(4-2-10)15(21)9-20;1-3-4-2/h1-7,20H,8-9H2;1-2H3. The van der Waals surface area contributed by atoms with Crippen molar-refractivity contribution < 1.29 is 9.90 Å². The minimum absolute atomic E-state index is 0.289. The number of Topliss-reactive ketones (excluding diaryl/α,β-unsaturated/α-hetero) is 1. The van der Waals surface area contributed by atoms with Crippen LogP contribution in [-0.4, -0.2) is 32.5 Å². The Balaban J connectivity index is 0.000000511. The van der Waals surface area contributed by atoms with Crippen LogP contribution in [-0.2, 0) is 6.54 Å². The highest BCUT2D eigenvalue weighted by Gasteiger charge is 2.07. The van der Waals surface area contributed by atoms with Gasteiger partial charge in [-0.15, -0.1) is 16.9 Å². The Morgan fingerprint density at radius 3 is 2.44 bits per heavy atom. The fourth-order valence-corrected chi connectivity index (χ4v) is 2.29. The summed E-state index contributed by atoms with van der Waals surface area (Å²) in [5.74, 6) is 5.07. The van der Waals surface area contributed by atoms with E-state index >= 15 is 0 Å². The molecule has 0 unspecified atom stereocenters. The molecule has 0 spiro atoms. The van der Waals surface area contributed by atoms with Gasteiger partial charge < -0.3 is 5.11 Å². The largest absolute Gasteiger partial charge is 0.388 e. The van der Waals surface area contributed by atoms with Crippen LogP contribution in [0.2, 0.25) is 5.02 Å². The Bertz CT molecular complexity index is 915. The zero-order valence-corrected chi connectivity index (χ0v) is 14.8. The molecule has 25 heavy (non-hydrogen) atoms. The van der Waals surface area contributed by atoms with Gasteiger partial charge in [0.05, 0.1) is 12.1 Å². The Morgan fingerprint density at radius 2 is 1.84 bits per heavy atom. The van der Waals surface area contributed by atoms with Gasteiger partial charge in [-0.25, -0.2) is 4.68 Å². The summed E-state index contributed by atoms with van der Waals surface area (Å²) in [6.45, 7) is 3.71. The predicted octanol–water partition coefficient (Wildman–Crippen LogP) is 3.34. The molecule has 1 aromatic heterocycles. The summed E-state index contributed by atoms with van der Waals surface area (Å²) in [4.78, 5) is 11.4. The van der Waals surface area contributed by atoms with E-state index in [9.17, 15) is 4.79 Å². The first-order chi connectivity index (χ1) is 12.1. The Hall–Kier alpha value is -2.68. The van der Waals surface area contributed by atoms with Crippen LogP contribution in [0.5, 0.6) is 0 Å². The van der Waals surface area contributed by atoms with E-state index in [-0.39, 0.29) is 5.78 Å². The molecular weight excluding hydrogens is 338 g/mol. The first-order valence-electron chi connectivity index (χ1n) is 7.64. The van der Waals surface area contributed by atoms with Crippen LogP contribution < -0.4 is 0 Å². The molecule has 0 saturated heterocycles. The van der Waals surface area contributed by atoms with Crippen LogP contribution >= 0.6 is 11.6 Å². The van der Waals surface area contributed by atoms with E-state index in [1.54, 1.807) is 28.9 Å². The molecule has 0 saturated carbocycles. The van der Waals surface area contributed by atoms with Crippen molar-refractivity contribution in [1.29, 1.82) is 0 Å². The first-order valence-corrected chi connectivity index (χ1v) is 8.02. The van der Waals surface area contributed by atoms with Gasteiger partial charge in [-0.2, -0.15) is 0 Å². The van der Waals surface area contributed by atoms with Crippen LogP contribution in [0.25, 0.3) is 11.0 Å². The normalized spacial score (nSPS) is 9.76. The molecular formula is C19H18ClN3O2. The minimum atomic E-state index is -0.478. The summed E-state index contributed by atoms with van der Waals surface area (Å²) < 4.78 is 1.77. The minimum Gasteiger partial charge on any atom is -0.388 e. The maximum absolute atomic E-state index is 11.4. The van der Waals surface area contributed by atoms with Crippen molar-refractivity contribution in [3.63, 3.8) is 0 Å². The number of hydrogen-bond donors (Lipinski definition) is 1. The van der Waals surface area contributed by atoms with Crippen LogP contribution in [0.3, 0.4) is 0 Å². The molecule has 0 bridgehead atoms. The number of rotatable bonds is 4. The van der Waals surface area contributed by atoms with E-state index in [0.717, 1.165) is 16.6 Å². The fourth-order valence-electron chi connectivity index (χ4n) is 2.12. The van der Waals surface area contributed by atoms with Crippen molar-refractivity contribution in [3.05, 3.63) is 58.6 Å². The molecule has 0 fully saturated rings. The highest BCUT2D eigenvalue weighted by molar-refractivity contribution is 6.31. The lowest BCUT2D eigenvalue weighted by Crippen LogP contribution is -2.05. The molecule has 0 aliphatic heterocycles. The summed E-state index contributed by atoms with van der Waals surface area (Å²) in [5.41, 5.74) is 3.13. The van der Waals surface area contributed by atoms with E-state index in [1.165, 1.54) is 0 Å². The molecule has 0 aliphatic rings. The second-order valence-corrected chi connectivity index (χ2v) is 5.59. The second-order valence-electron chi connectivity index (χ2n) is 5.16. The lowest BCUT2D eigenvalue weighted by atomic mass is 10.1. The number of aliphatic hydroxyl groups is 1. The second kappa shape index (κ2) is 8.97. The molecule has 1 N–H and O–H groups in total. The fraction of sp³-hybridized carbons (Fsp3) is 0.211. The first kappa shape index (κ1) is 18.7. The van der Waals surface area contributed by atoms with Gasteiger partial charge in [0.1, 0.15) is 12.1 Å². The average Bonchev–Trinajstić information content (AvgIpc) is 3.03. The van der Waals surface area contributed by atoms with Gasteiger partial charge >= 0.3 is 0 Å². The summed E-state index contributed by atoms with van der Waals surface area (Å²) in [7, 11) is 0. The van der Waals surface area contributed by atoms with E-state index in [1.807, 2.05) is 32.0 Å². The van der Waals surface area contributed by atoms with Crippen molar-refractivity contribution in [3.8, 4) is 11.8 Å². The van der Waals surface area contributed by atoms with E-state index in [4.69, 9.17) is 16.7 Å². The van der Waals surface area contributed by atoms with Gasteiger partial charge in [-0.1, -0.05) is 41.1 Å². The van der Waals surface area contributed by atoms with Crippen molar-refractivity contribution >= 4 is 28.4 Å². The average molecular weight is 356 g/mol. The van der Waals surface area contributed by atoms with Crippen molar-refractivity contribution in [1.82, 2.24) is 15.0 Å². The van der Waals surface area contributed by atoms with E-state index in [2.05, 4.69) is 22.2 Å². The number of hydrogen-bond acceptors (Lipinski definition) is 4. The predicted molar refractivity (Wildman–Crippen MR) is 98.6 cm³/mol. The molecule has 3 rings (SSSR count). The van der Waals surface area contributed by atoms with Crippen LogP contribution in [0.1, 0.15) is 29.8 Å². The summed E-state index contributed by atoms with van der Waals surface area (Å²) in [6.07, 6.45) is 0. The molecule has 1 heterocycles. The van der Waals surface area contributed by atoms with Crippen LogP contribution in [0.15, 0.2) is 42.5 Å². The molecule has 2 aromatic carbocycles. The molecule has 3 aromatic rings. The molecule has 0 amide bonds. The van der Waals surface area contributed by atoms with Gasteiger partial charge in [0.15, 0.2) is 5.78 Å². The third kappa shape index (κ3) is 4.90. The van der Waals surface area contributed by atoms with Crippen molar-refractivity contribution in [2.45, 2.75) is 20.4 Å². The number of aromatic nitrogens is 3. The Morgan fingerprint density at radius 1 is 1.16 bits per heavy atom. The highest BCUT2D eigenvalue weighted by atomic mass is 35.5. The Labute approximate surface area is 151 Å². The van der Waals surface area contributed by atoms with Gasteiger partial charge in [-0.05, 0) is 37.6 Å². The van der Waals surface area contributed by atoms with Crippen LogP contribution in [0, 0.1) is 11.8 Å². The number of ketones is 1. The molecule has 128 valence electrons. The monoisotopic (exact) mass is 355 g/mol.